The molecule has 0 bridgehead atoms. The first-order chi connectivity index (χ1) is 9.22. The molecular weight excluding hydrogens is 244 g/mol. The van der Waals surface area contributed by atoms with Crippen molar-refractivity contribution in [3.05, 3.63) is 29.8 Å². The summed E-state index contributed by atoms with van der Waals surface area (Å²) in [6.45, 7) is 2.11. The highest BCUT2D eigenvalue weighted by atomic mass is 16.5. The van der Waals surface area contributed by atoms with Gasteiger partial charge in [-0.25, -0.2) is 4.79 Å². The summed E-state index contributed by atoms with van der Waals surface area (Å²) >= 11 is 0. The number of nitrogens with one attached hydrogen (secondary N) is 1. The molecule has 0 aliphatic carbocycles. The van der Waals surface area contributed by atoms with E-state index in [1.54, 1.807) is 17.9 Å². The second kappa shape index (κ2) is 4.57. The van der Waals surface area contributed by atoms with Gasteiger partial charge in [-0.3, -0.25) is 4.79 Å². The van der Waals surface area contributed by atoms with Crippen LogP contribution in [0, 0.1) is 0 Å². The van der Waals surface area contributed by atoms with E-state index in [-0.39, 0.29) is 18.0 Å². The number of hydrogen-bond donors (Lipinski definition) is 1. The van der Waals surface area contributed by atoms with Crippen LogP contribution < -0.4 is 5.32 Å². The lowest BCUT2D eigenvalue weighted by molar-refractivity contribution is -0.147. The Hall–Kier alpha value is -2.04. The first-order valence-electron chi connectivity index (χ1n) is 6.57. The van der Waals surface area contributed by atoms with E-state index in [1.807, 2.05) is 18.2 Å². The van der Waals surface area contributed by atoms with E-state index < -0.39 is 6.04 Å². The molecule has 2 heterocycles. The van der Waals surface area contributed by atoms with E-state index in [2.05, 4.69) is 5.32 Å². The number of esters is 1. The van der Waals surface area contributed by atoms with Gasteiger partial charge in [0, 0.05) is 5.69 Å². The average Bonchev–Trinajstić information content (AvgIpc) is 2.83. The molecule has 0 radical (unpaired) electrons. The molecule has 5 nitrogen and oxygen atoms in total. The minimum atomic E-state index is -0.460. The maximum absolute atomic E-state index is 12.5. The summed E-state index contributed by atoms with van der Waals surface area (Å²) in [5.41, 5.74) is 1.47. The fourth-order valence-corrected chi connectivity index (χ4v) is 2.82. The molecule has 1 aromatic carbocycles. The van der Waals surface area contributed by atoms with E-state index in [4.69, 9.17) is 4.74 Å². The minimum Gasteiger partial charge on any atom is -0.464 e. The van der Waals surface area contributed by atoms with Crippen LogP contribution in [0.4, 0.5) is 5.69 Å². The van der Waals surface area contributed by atoms with Crippen molar-refractivity contribution in [3.63, 3.8) is 0 Å². The molecule has 2 aliphatic rings. The lowest BCUT2D eigenvalue weighted by atomic mass is 10.1. The largest absolute Gasteiger partial charge is 0.464 e. The molecule has 1 saturated heterocycles. The molecule has 0 unspecified atom stereocenters. The zero-order valence-corrected chi connectivity index (χ0v) is 10.8. The summed E-state index contributed by atoms with van der Waals surface area (Å²) in [7, 11) is 0. The van der Waals surface area contributed by atoms with E-state index in [0.29, 0.717) is 18.6 Å². The summed E-state index contributed by atoms with van der Waals surface area (Å²) in [6, 6.07) is 6.93. The Morgan fingerprint density at radius 2 is 2.21 bits per heavy atom. The molecule has 2 aliphatic heterocycles. The van der Waals surface area contributed by atoms with Gasteiger partial charge in [-0.15, -0.1) is 0 Å². The SMILES string of the molecule is CCOC(=O)[C@@H]1CC[C@@H]2Nc3ccccc3C(=O)N21. The van der Waals surface area contributed by atoms with Crippen molar-refractivity contribution in [2.24, 2.45) is 0 Å². The number of nitrogens with zero attached hydrogens (tertiary/aromatic N) is 1. The summed E-state index contributed by atoms with van der Waals surface area (Å²) in [6.07, 6.45) is 1.32. The number of hydrogen-bond acceptors (Lipinski definition) is 4. The molecule has 1 amide bonds. The summed E-state index contributed by atoms with van der Waals surface area (Å²) in [4.78, 5) is 26.0. The summed E-state index contributed by atoms with van der Waals surface area (Å²) in [5.74, 6) is -0.394. The molecule has 5 heteroatoms. The van der Waals surface area contributed by atoms with Crippen LogP contribution >= 0.6 is 0 Å². The van der Waals surface area contributed by atoms with E-state index >= 15 is 0 Å². The van der Waals surface area contributed by atoms with Gasteiger partial charge in [-0.2, -0.15) is 0 Å². The van der Waals surface area contributed by atoms with Crippen molar-refractivity contribution in [1.82, 2.24) is 4.90 Å². The van der Waals surface area contributed by atoms with Crippen LogP contribution in [-0.4, -0.2) is 35.6 Å². The number of carbonyl (C=O) groups excluding carboxylic acids is 2. The van der Waals surface area contributed by atoms with Gasteiger partial charge in [0.25, 0.3) is 5.91 Å². The highest BCUT2D eigenvalue weighted by molar-refractivity contribution is 6.03. The number of amides is 1. The number of para-hydroxylation sites is 1. The van der Waals surface area contributed by atoms with E-state index in [0.717, 1.165) is 12.1 Å². The highest BCUT2D eigenvalue weighted by Gasteiger charge is 2.45. The van der Waals surface area contributed by atoms with Crippen LogP contribution in [-0.2, 0) is 9.53 Å². The van der Waals surface area contributed by atoms with Crippen LogP contribution in [0.15, 0.2) is 24.3 Å². The van der Waals surface area contributed by atoms with Crippen molar-refractivity contribution in [3.8, 4) is 0 Å². The van der Waals surface area contributed by atoms with Gasteiger partial charge in [0.05, 0.1) is 12.2 Å². The maximum Gasteiger partial charge on any atom is 0.328 e. The predicted octanol–water partition coefficient (Wildman–Crippen LogP) is 1.61. The molecule has 2 atom stereocenters. The van der Waals surface area contributed by atoms with Gasteiger partial charge in [0.1, 0.15) is 12.2 Å². The predicted molar refractivity (Wildman–Crippen MR) is 69.7 cm³/mol. The highest BCUT2D eigenvalue weighted by Crippen LogP contribution is 2.34. The third-order valence-corrected chi connectivity index (χ3v) is 3.66. The Morgan fingerprint density at radius 3 is 3.00 bits per heavy atom. The van der Waals surface area contributed by atoms with Gasteiger partial charge >= 0.3 is 5.97 Å². The quantitative estimate of drug-likeness (QED) is 0.821. The van der Waals surface area contributed by atoms with E-state index in [9.17, 15) is 9.59 Å². The molecular formula is C14H16N2O3. The molecule has 1 fully saturated rings. The van der Waals surface area contributed by atoms with Gasteiger partial charge < -0.3 is 15.0 Å². The van der Waals surface area contributed by atoms with Crippen LogP contribution in [0.3, 0.4) is 0 Å². The van der Waals surface area contributed by atoms with Gasteiger partial charge in [0.15, 0.2) is 0 Å². The zero-order chi connectivity index (χ0) is 13.4. The smallest absolute Gasteiger partial charge is 0.328 e. The number of anilines is 1. The van der Waals surface area contributed by atoms with Crippen molar-refractivity contribution in [2.75, 3.05) is 11.9 Å². The Bertz CT molecular complexity index is 529. The third-order valence-electron chi connectivity index (χ3n) is 3.66. The van der Waals surface area contributed by atoms with Gasteiger partial charge in [0.2, 0.25) is 0 Å². The first kappa shape index (κ1) is 12.0. The zero-order valence-electron chi connectivity index (χ0n) is 10.8. The van der Waals surface area contributed by atoms with Crippen LogP contribution in [0.5, 0.6) is 0 Å². The van der Waals surface area contributed by atoms with Gasteiger partial charge in [-0.1, -0.05) is 12.1 Å². The lowest BCUT2D eigenvalue weighted by Crippen LogP contribution is -2.51. The topological polar surface area (TPSA) is 58.6 Å². The number of carbonyl (C=O) groups is 2. The van der Waals surface area contributed by atoms with Crippen LogP contribution in [0.25, 0.3) is 0 Å². The Balaban J connectivity index is 1.91. The van der Waals surface area contributed by atoms with Crippen molar-refractivity contribution in [2.45, 2.75) is 32.0 Å². The molecule has 1 N–H and O–H groups in total. The molecule has 0 saturated carbocycles. The Kier molecular flexibility index (Phi) is 2.89. The van der Waals surface area contributed by atoms with E-state index in [1.165, 1.54) is 0 Å². The number of ether oxygens (including phenoxy) is 1. The summed E-state index contributed by atoms with van der Waals surface area (Å²) < 4.78 is 5.05. The normalized spacial score (nSPS) is 24.5. The van der Waals surface area contributed by atoms with Crippen LogP contribution in [0.2, 0.25) is 0 Å². The minimum absolute atomic E-state index is 0.0881. The second-order valence-electron chi connectivity index (χ2n) is 4.76. The number of fused-ring (bicyclic) bond motifs is 2. The Morgan fingerprint density at radius 1 is 1.42 bits per heavy atom. The van der Waals surface area contributed by atoms with Crippen LogP contribution in [0.1, 0.15) is 30.1 Å². The standard InChI is InChI=1S/C14H16N2O3/c1-2-19-14(18)11-7-8-12-15-10-6-4-3-5-9(10)13(17)16(11)12/h3-6,11-12,15H,2,7-8H2,1H3/t11-,12+/m0/s1. The average molecular weight is 260 g/mol. The molecule has 0 aromatic heterocycles. The van der Waals surface area contributed by atoms with Gasteiger partial charge in [-0.05, 0) is 31.9 Å². The Labute approximate surface area is 111 Å². The second-order valence-corrected chi connectivity index (χ2v) is 4.76. The fraction of sp³-hybridized carbons (Fsp3) is 0.429. The molecule has 19 heavy (non-hydrogen) atoms. The molecule has 100 valence electrons. The monoisotopic (exact) mass is 260 g/mol. The van der Waals surface area contributed by atoms with Crippen molar-refractivity contribution < 1.29 is 14.3 Å². The third kappa shape index (κ3) is 1.85. The molecule has 3 rings (SSSR count). The van der Waals surface area contributed by atoms with Crippen molar-refractivity contribution in [1.29, 1.82) is 0 Å². The number of benzene rings is 1. The summed E-state index contributed by atoms with van der Waals surface area (Å²) in [5, 5.41) is 3.31. The molecule has 0 spiro atoms. The first-order valence-corrected chi connectivity index (χ1v) is 6.57. The maximum atomic E-state index is 12.5. The fourth-order valence-electron chi connectivity index (χ4n) is 2.82. The number of rotatable bonds is 2. The lowest BCUT2D eigenvalue weighted by Gasteiger charge is -2.35. The molecule has 1 aromatic rings. The van der Waals surface area contributed by atoms with Crippen molar-refractivity contribution >= 4 is 17.6 Å².